The molecule has 18 heavy (non-hydrogen) atoms. The van der Waals surface area contributed by atoms with Crippen LogP contribution in [0.15, 0.2) is 18.2 Å². The van der Waals surface area contributed by atoms with Crippen LogP contribution in [0.25, 0.3) is 0 Å². The van der Waals surface area contributed by atoms with E-state index in [1.54, 1.807) is 12.1 Å². The Balaban J connectivity index is 1.83. The van der Waals surface area contributed by atoms with Crippen molar-refractivity contribution in [3.63, 3.8) is 0 Å². The Morgan fingerprint density at radius 2 is 1.94 bits per heavy atom. The van der Waals surface area contributed by atoms with E-state index in [1.165, 1.54) is 12.8 Å². The predicted molar refractivity (Wildman–Crippen MR) is 72.8 cm³/mol. The monoisotopic (exact) mass is 271 g/mol. The Labute approximate surface area is 111 Å². The number of thioether (sulfide) groups is 1. The van der Waals surface area contributed by atoms with Gasteiger partial charge in [-0.05, 0) is 38.0 Å². The number of nitrogens with one attached hydrogen (secondary N) is 1. The van der Waals surface area contributed by atoms with Crippen molar-refractivity contribution < 1.29 is 8.78 Å². The lowest BCUT2D eigenvalue weighted by Gasteiger charge is -2.28. The first-order chi connectivity index (χ1) is 8.70. The van der Waals surface area contributed by atoms with Crippen molar-refractivity contribution >= 4 is 11.8 Å². The number of hydrogen-bond acceptors (Lipinski definition) is 2. The van der Waals surface area contributed by atoms with Crippen LogP contribution >= 0.6 is 11.8 Å². The maximum absolute atomic E-state index is 13.5. The molecule has 1 aromatic rings. The van der Waals surface area contributed by atoms with Gasteiger partial charge in [0.05, 0.1) is 0 Å². The molecule has 2 rings (SSSR count). The summed E-state index contributed by atoms with van der Waals surface area (Å²) in [5.74, 6) is -1.48. The van der Waals surface area contributed by atoms with E-state index in [1.807, 2.05) is 11.8 Å². The molecule has 1 saturated carbocycles. The molecule has 1 aliphatic carbocycles. The van der Waals surface area contributed by atoms with E-state index in [9.17, 15) is 8.78 Å². The predicted octanol–water partition coefficient (Wildman–Crippen LogP) is 3.73. The first-order valence-corrected chi connectivity index (χ1v) is 7.68. The van der Waals surface area contributed by atoms with Crippen LogP contribution < -0.4 is 5.32 Å². The van der Waals surface area contributed by atoms with Gasteiger partial charge in [-0.25, -0.2) is 8.78 Å². The van der Waals surface area contributed by atoms with Gasteiger partial charge >= 0.3 is 0 Å². The summed E-state index contributed by atoms with van der Waals surface area (Å²) in [6.07, 6.45) is 6.83. The summed E-state index contributed by atoms with van der Waals surface area (Å²) < 4.78 is 26.5. The summed E-state index contributed by atoms with van der Waals surface area (Å²) in [4.78, 5) is 0. The minimum atomic E-state index is -0.764. The minimum Gasteiger partial charge on any atom is -0.310 e. The van der Waals surface area contributed by atoms with Crippen molar-refractivity contribution in [2.45, 2.75) is 43.5 Å². The molecule has 0 spiro atoms. The first-order valence-electron chi connectivity index (χ1n) is 6.39. The SMILES string of the molecule is CSC1CCC(NCc2cccc(F)c2F)CC1. The number of rotatable bonds is 4. The van der Waals surface area contributed by atoms with Crippen LogP contribution in [0.5, 0.6) is 0 Å². The molecule has 4 heteroatoms. The Morgan fingerprint density at radius 3 is 2.61 bits per heavy atom. The molecule has 0 heterocycles. The summed E-state index contributed by atoms with van der Waals surface area (Å²) >= 11 is 1.93. The third-order valence-corrected chi connectivity index (χ3v) is 4.76. The van der Waals surface area contributed by atoms with Crippen molar-refractivity contribution in [2.24, 2.45) is 0 Å². The van der Waals surface area contributed by atoms with Crippen molar-refractivity contribution in [1.82, 2.24) is 5.32 Å². The number of halogens is 2. The molecule has 1 N–H and O–H groups in total. The van der Waals surface area contributed by atoms with Crippen LogP contribution in [0.2, 0.25) is 0 Å². The number of hydrogen-bond donors (Lipinski definition) is 1. The van der Waals surface area contributed by atoms with Crippen molar-refractivity contribution in [1.29, 1.82) is 0 Å². The smallest absolute Gasteiger partial charge is 0.163 e. The standard InChI is InChI=1S/C14H19F2NS/c1-18-12-7-5-11(6-8-12)17-9-10-3-2-4-13(15)14(10)16/h2-4,11-12,17H,5-9H2,1H3. The lowest BCUT2D eigenvalue weighted by Crippen LogP contribution is -2.33. The van der Waals surface area contributed by atoms with E-state index in [0.29, 0.717) is 18.2 Å². The normalized spacial score (nSPS) is 24.2. The van der Waals surface area contributed by atoms with E-state index in [-0.39, 0.29) is 0 Å². The van der Waals surface area contributed by atoms with Crippen LogP contribution in [0.1, 0.15) is 31.2 Å². The molecule has 100 valence electrons. The second-order valence-corrected chi connectivity index (χ2v) is 5.94. The van der Waals surface area contributed by atoms with Crippen LogP contribution in [0.4, 0.5) is 8.78 Å². The summed E-state index contributed by atoms with van der Waals surface area (Å²) in [6, 6.07) is 4.79. The third-order valence-electron chi connectivity index (χ3n) is 3.62. The molecule has 0 unspecified atom stereocenters. The van der Waals surface area contributed by atoms with Crippen LogP contribution in [0.3, 0.4) is 0 Å². The van der Waals surface area contributed by atoms with Crippen molar-refractivity contribution in [2.75, 3.05) is 6.26 Å². The van der Waals surface area contributed by atoms with E-state index >= 15 is 0 Å². The lowest BCUT2D eigenvalue weighted by molar-refractivity contribution is 0.374. The zero-order chi connectivity index (χ0) is 13.0. The fourth-order valence-corrected chi connectivity index (χ4v) is 3.19. The van der Waals surface area contributed by atoms with Gasteiger partial charge in [0.15, 0.2) is 11.6 Å². The Hall–Kier alpha value is -0.610. The molecule has 1 aromatic carbocycles. The largest absolute Gasteiger partial charge is 0.310 e. The van der Waals surface area contributed by atoms with Gasteiger partial charge in [-0.3, -0.25) is 0 Å². The third kappa shape index (κ3) is 3.45. The highest BCUT2D eigenvalue weighted by molar-refractivity contribution is 7.99. The van der Waals surface area contributed by atoms with Gasteiger partial charge in [0.1, 0.15) is 0 Å². The fourth-order valence-electron chi connectivity index (χ4n) is 2.44. The molecule has 0 atom stereocenters. The molecule has 0 amide bonds. The molecule has 0 aliphatic heterocycles. The Morgan fingerprint density at radius 1 is 1.22 bits per heavy atom. The van der Waals surface area contributed by atoms with Crippen molar-refractivity contribution in [3.8, 4) is 0 Å². The topological polar surface area (TPSA) is 12.0 Å². The van der Waals surface area contributed by atoms with E-state index in [2.05, 4.69) is 11.6 Å². The van der Waals surface area contributed by atoms with Gasteiger partial charge < -0.3 is 5.32 Å². The van der Waals surface area contributed by atoms with Gasteiger partial charge in [-0.2, -0.15) is 11.8 Å². The molecule has 1 fully saturated rings. The number of benzene rings is 1. The van der Waals surface area contributed by atoms with Gasteiger partial charge in [0.2, 0.25) is 0 Å². The van der Waals surface area contributed by atoms with Gasteiger partial charge in [0, 0.05) is 23.4 Å². The molecule has 0 aromatic heterocycles. The molecule has 0 radical (unpaired) electrons. The average molecular weight is 271 g/mol. The highest BCUT2D eigenvalue weighted by Crippen LogP contribution is 2.27. The zero-order valence-corrected chi connectivity index (χ0v) is 11.4. The summed E-state index contributed by atoms with van der Waals surface area (Å²) in [5.41, 5.74) is 0.419. The van der Waals surface area contributed by atoms with Crippen LogP contribution in [0, 0.1) is 11.6 Å². The van der Waals surface area contributed by atoms with Crippen LogP contribution in [-0.2, 0) is 6.54 Å². The van der Waals surface area contributed by atoms with E-state index in [4.69, 9.17) is 0 Å². The summed E-state index contributed by atoms with van der Waals surface area (Å²) in [7, 11) is 0. The second-order valence-electron chi connectivity index (χ2n) is 4.80. The minimum absolute atomic E-state index is 0.415. The highest BCUT2D eigenvalue weighted by atomic mass is 32.2. The maximum Gasteiger partial charge on any atom is 0.163 e. The Bertz CT molecular complexity index is 389. The van der Waals surface area contributed by atoms with Gasteiger partial charge in [0.25, 0.3) is 0 Å². The molecular formula is C14H19F2NS. The van der Waals surface area contributed by atoms with E-state index < -0.39 is 11.6 Å². The summed E-state index contributed by atoms with van der Waals surface area (Å²) in [5, 5.41) is 4.11. The lowest BCUT2D eigenvalue weighted by atomic mass is 9.95. The zero-order valence-electron chi connectivity index (χ0n) is 10.6. The highest BCUT2D eigenvalue weighted by Gasteiger charge is 2.20. The summed E-state index contributed by atoms with van der Waals surface area (Å²) in [6.45, 7) is 0.415. The maximum atomic E-state index is 13.5. The fraction of sp³-hybridized carbons (Fsp3) is 0.571. The molecular weight excluding hydrogens is 252 g/mol. The quantitative estimate of drug-likeness (QED) is 0.895. The second kappa shape index (κ2) is 6.53. The molecule has 1 aliphatic rings. The molecule has 1 nitrogen and oxygen atoms in total. The van der Waals surface area contributed by atoms with E-state index in [0.717, 1.165) is 24.2 Å². The van der Waals surface area contributed by atoms with Crippen LogP contribution in [-0.4, -0.2) is 17.5 Å². The molecule has 0 bridgehead atoms. The Kier molecular flexibility index (Phi) is 5.01. The van der Waals surface area contributed by atoms with Gasteiger partial charge in [-0.1, -0.05) is 12.1 Å². The molecule has 0 saturated heterocycles. The van der Waals surface area contributed by atoms with Crippen molar-refractivity contribution in [3.05, 3.63) is 35.4 Å². The van der Waals surface area contributed by atoms with Gasteiger partial charge in [-0.15, -0.1) is 0 Å². The first kappa shape index (κ1) is 13.8. The average Bonchev–Trinajstić information content (AvgIpc) is 2.41.